The van der Waals surface area contributed by atoms with Crippen LogP contribution in [0.15, 0.2) is 42.5 Å². The van der Waals surface area contributed by atoms with Gasteiger partial charge in [-0.3, -0.25) is 4.79 Å². The van der Waals surface area contributed by atoms with E-state index in [4.69, 9.17) is 32.7 Å². The first-order valence-electron chi connectivity index (χ1n) is 6.69. The quantitative estimate of drug-likeness (QED) is 0.796. The van der Waals surface area contributed by atoms with E-state index in [1.165, 1.54) is 13.2 Å². The number of carbonyl (C=O) groups is 1. The van der Waals surface area contributed by atoms with Crippen molar-refractivity contribution in [1.82, 2.24) is 0 Å². The lowest BCUT2D eigenvalue weighted by molar-refractivity contribution is -0.111. The Morgan fingerprint density at radius 1 is 1.04 bits per heavy atom. The van der Waals surface area contributed by atoms with Crippen LogP contribution in [-0.4, -0.2) is 20.1 Å². The van der Waals surface area contributed by atoms with Gasteiger partial charge in [-0.1, -0.05) is 23.2 Å². The van der Waals surface area contributed by atoms with Crippen LogP contribution in [0.4, 0.5) is 5.69 Å². The molecule has 0 aliphatic heterocycles. The minimum Gasteiger partial charge on any atom is -0.497 e. The standard InChI is InChI=1S/C17H15Cl2NO3/c1-22-14-4-5-16(23-2)15(10-14)20-17(21)6-3-11-7-12(18)9-13(19)8-11/h3-10H,1-2H3,(H,20,21)/b6-3+. The molecule has 0 bridgehead atoms. The average Bonchev–Trinajstić information content (AvgIpc) is 2.52. The molecule has 0 fully saturated rings. The lowest BCUT2D eigenvalue weighted by Gasteiger charge is -2.10. The predicted octanol–water partition coefficient (Wildman–Crippen LogP) is 4.66. The fourth-order valence-electron chi connectivity index (χ4n) is 1.93. The lowest BCUT2D eigenvalue weighted by atomic mass is 10.2. The van der Waals surface area contributed by atoms with E-state index < -0.39 is 0 Å². The van der Waals surface area contributed by atoms with Gasteiger partial charge in [0.25, 0.3) is 0 Å². The third-order valence-electron chi connectivity index (χ3n) is 2.98. The van der Waals surface area contributed by atoms with E-state index in [1.54, 1.807) is 49.6 Å². The molecule has 4 nitrogen and oxygen atoms in total. The molecule has 1 amide bonds. The minimum absolute atomic E-state index is 0.312. The summed E-state index contributed by atoms with van der Waals surface area (Å²) in [4.78, 5) is 12.1. The van der Waals surface area contributed by atoms with Crippen LogP contribution in [0.5, 0.6) is 11.5 Å². The van der Waals surface area contributed by atoms with Crippen LogP contribution >= 0.6 is 23.2 Å². The number of ether oxygens (including phenoxy) is 2. The van der Waals surface area contributed by atoms with Crippen LogP contribution < -0.4 is 14.8 Å². The van der Waals surface area contributed by atoms with Gasteiger partial charge < -0.3 is 14.8 Å². The Kier molecular flexibility index (Phi) is 5.90. The number of nitrogens with one attached hydrogen (secondary N) is 1. The highest BCUT2D eigenvalue weighted by atomic mass is 35.5. The van der Waals surface area contributed by atoms with Crippen molar-refractivity contribution in [3.05, 3.63) is 58.1 Å². The Balaban J connectivity index is 2.14. The van der Waals surface area contributed by atoms with Gasteiger partial charge in [0.2, 0.25) is 5.91 Å². The molecule has 0 saturated heterocycles. The molecule has 0 atom stereocenters. The predicted molar refractivity (Wildman–Crippen MR) is 93.7 cm³/mol. The number of amides is 1. The van der Waals surface area contributed by atoms with E-state index in [9.17, 15) is 4.79 Å². The molecule has 23 heavy (non-hydrogen) atoms. The first-order valence-corrected chi connectivity index (χ1v) is 7.44. The van der Waals surface area contributed by atoms with Crippen LogP contribution in [0.25, 0.3) is 6.08 Å². The topological polar surface area (TPSA) is 47.6 Å². The molecule has 1 N–H and O–H groups in total. The minimum atomic E-state index is -0.312. The largest absolute Gasteiger partial charge is 0.497 e. The van der Waals surface area contributed by atoms with Gasteiger partial charge in [-0.05, 0) is 42.0 Å². The first kappa shape index (κ1) is 17.2. The van der Waals surface area contributed by atoms with Crippen LogP contribution in [0.2, 0.25) is 10.0 Å². The third-order valence-corrected chi connectivity index (χ3v) is 3.41. The van der Waals surface area contributed by atoms with Crippen molar-refractivity contribution in [2.24, 2.45) is 0 Å². The number of hydrogen-bond donors (Lipinski definition) is 1. The summed E-state index contributed by atoms with van der Waals surface area (Å²) in [6.45, 7) is 0. The van der Waals surface area contributed by atoms with Gasteiger partial charge in [0.1, 0.15) is 11.5 Å². The van der Waals surface area contributed by atoms with Gasteiger partial charge in [-0.15, -0.1) is 0 Å². The zero-order valence-corrected chi connectivity index (χ0v) is 14.1. The Hall–Kier alpha value is -2.17. The first-order chi connectivity index (χ1) is 11.0. The van der Waals surface area contributed by atoms with Crippen molar-refractivity contribution in [3.63, 3.8) is 0 Å². The number of halogens is 2. The maximum atomic E-state index is 12.1. The van der Waals surface area contributed by atoms with Gasteiger partial charge in [0, 0.05) is 22.2 Å². The molecule has 0 heterocycles. The second kappa shape index (κ2) is 7.90. The summed E-state index contributed by atoms with van der Waals surface area (Å²) in [5.74, 6) is 0.845. The zero-order valence-electron chi connectivity index (χ0n) is 12.6. The second-order valence-corrected chi connectivity index (χ2v) is 5.46. The van der Waals surface area contributed by atoms with E-state index >= 15 is 0 Å². The molecule has 2 rings (SSSR count). The highest BCUT2D eigenvalue weighted by Gasteiger charge is 2.07. The van der Waals surface area contributed by atoms with Crippen LogP contribution in [0.1, 0.15) is 5.56 Å². The number of carbonyl (C=O) groups excluding carboxylic acids is 1. The van der Waals surface area contributed by atoms with Gasteiger partial charge >= 0.3 is 0 Å². The molecule has 0 spiro atoms. The summed E-state index contributed by atoms with van der Waals surface area (Å²) in [6, 6.07) is 10.2. The highest BCUT2D eigenvalue weighted by Crippen LogP contribution is 2.29. The molecule has 2 aromatic carbocycles. The SMILES string of the molecule is COc1ccc(OC)c(NC(=O)/C=C/c2cc(Cl)cc(Cl)c2)c1. The van der Waals surface area contributed by atoms with Crippen molar-refractivity contribution >= 4 is 40.9 Å². The summed E-state index contributed by atoms with van der Waals surface area (Å²) >= 11 is 11.8. The van der Waals surface area contributed by atoms with E-state index in [2.05, 4.69) is 5.32 Å². The highest BCUT2D eigenvalue weighted by molar-refractivity contribution is 6.34. The zero-order chi connectivity index (χ0) is 16.8. The summed E-state index contributed by atoms with van der Waals surface area (Å²) < 4.78 is 10.3. The molecular weight excluding hydrogens is 337 g/mol. The molecule has 0 aliphatic rings. The fraction of sp³-hybridized carbons (Fsp3) is 0.118. The van der Waals surface area contributed by atoms with Crippen molar-refractivity contribution in [1.29, 1.82) is 0 Å². The normalized spacial score (nSPS) is 10.6. The number of rotatable bonds is 5. The average molecular weight is 352 g/mol. The van der Waals surface area contributed by atoms with Crippen LogP contribution in [-0.2, 0) is 4.79 Å². The maximum Gasteiger partial charge on any atom is 0.248 e. The van der Waals surface area contributed by atoms with Crippen molar-refractivity contribution in [2.75, 3.05) is 19.5 Å². The Morgan fingerprint density at radius 3 is 2.35 bits per heavy atom. The molecule has 0 aliphatic carbocycles. The third kappa shape index (κ3) is 4.91. The van der Waals surface area contributed by atoms with Crippen molar-refractivity contribution in [3.8, 4) is 11.5 Å². The number of hydrogen-bond acceptors (Lipinski definition) is 3. The van der Waals surface area contributed by atoms with Crippen LogP contribution in [0.3, 0.4) is 0 Å². The molecule has 0 saturated carbocycles. The van der Waals surface area contributed by atoms with E-state index in [-0.39, 0.29) is 5.91 Å². The summed E-state index contributed by atoms with van der Waals surface area (Å²) in [6.07, 6.45) is 3.01. The molecular formula is C17H15Cl2NO3. The second-order valence-electron chi connectivity index (χ2n) is 4.59. The number of benzene rings is 2. The van der Waals surface area contributed by atoms with Crippen molar-refractivity contribution in [2.45, 2.75) is 0 Å². The molecule has 0 aromatic heterocycles. The molecule has 2 aromatic rings. The van der Waals surface area contributed by atoms with Gasteiger partial charge in [-0.25, -0.2) is 0 Å². The smallest absolute Gasteiger partial charge is 0.248 e. The Labute approximate surface area is 144 Å². The van der Waals surface area contributed by atoms with Crippen molar-refractivity contribution < 1.29 is 14.3 Å². The Bertz CT molecular complexity index is 724. The number of methoxy groups -OCH3 is 2. The fourth-order valence-corrected chi connectivity index (χ4v) is 2.47. The molecule has 120 valence electrons. The monoisotopic (exact) mass is 351 g/mol. The molecule has 0 unspecified atom stereocenters. The van der Waals surface area contributed by atoms with E-state index in [1.807, 2.05) is 0 Å². The summed E-state index contributed by atoms with van der Waals surface area (Å²) in [5, 5.41) is 3.75. The molecule has 0 radical (unpaired) electrons. The number of anilines is 1. The summed E-state index contributed by atoms with van der Waals surface area (Å²) in [5.41, 5.74) is 1.25. The van der Waals surface area contributed by atoms with E-state index in [0.717, 1.165) is 5.56 Å². The van der Waals surface area contributed by atoms with E-state index in [0.29, 0.717) is 27.2 Å². The van der Waals surface area contributed by atoms with Gasteiger partial charge in [0.05, 0.1) is 19.9 Å². The molecule has 6 heteroatoms. The van der Waals surface area contributed by atoms with Gasteiger partial charge in [-0.2, -0.15) is 0 Å². The Morgan fingerprint density at radius 2 is 1.74 bits per heavy atom. The summed E-state index contributed by atoms with van der Waals surface area (Å²) in [7, 11) is 3.08. The van der Waals surface area contributed by atoms with Crippen LogP contribution in [0, 0.1) is 0 Å². The lowest BCUT2D eigenvalue weighted by Crippen LogP contribution is -2.09. The van der Waals surface area contributed by atoms with Gasteiger partial charge in [0.15, 0.2) is 0 Å². The maximum absolute atomic E-state index is 12.1.